The predicted molar refractivity (Wildman–Crippen MR) is 117 cm³/mol. The van der Waals surface area contributed by atoms with Gasteiger partial charge < -0.3 is 18.8 Å². The SMILES string of the molecule is CCOc1ccc(C(=O)[C@@H](C)OC(=O)/C(C#N)=C/c2cc(C)n(CCOC)c2C)cc1. The van der Waals surface area contributed by atoms with Crippen LogP contribution in [-0.4, -0.2) is 42.7 Å². The van der Waals surface area contributed by atoms with Crippen molar-refractivity contribution in [2.75, 3.05) is 20.3 Å². The molecule has 0 radical (unpaired) electrons. The van der Waals surface area contributed by atoms with E-state index in [-0.39, 0.29) is 11.4 Å². The Labute approximate surface area is 182 Å². The number of rotatable bonds is 10. The van der Waals surface area contributed by atoms with E-state index in [4.69, 9.17) is 14.2 Å². The second-order valence-corrected chi connectivity index (χ2v) is 7.01. The second-order valence-electron chi connectivity index (χ2n) is 7.01. The summed E-state index contributed by atoms with van der Waals surface area (Å²) in [5.74, 6) is -0.538. The first-order chi connectivity index (χ1) is 14.8. The van der Waals surface area contributed by atoms with Gasteiger partial charge in [0.15, 0.2) is 6.10 Å². The van der Waals surface area contributed by atoms with Crippen molar-refractivity contribution in [2.45, 2.75) is 40.3 Å². The molecule has 0 aliphatic heterocycles. The van der Waals surface area contributed by atoms with E-state index in [1.807, 2.05) is 37.5 Å². The molecule has 2 rings (SSSR count). The summed E-state index contributed by atoms with van der Waals surface area (Å²) in [5.41, 5.74) is 2.87. The van der Waals surface area contributed by atoms with E-state index >= 15 is 0 Å². The number of esters is 1. The Balaban J connectivity index is 2.13. The van der Waals surface area contributed by atoms with E-state index in [2.05, 4.69) is 0 Å². The van der Waals surface area contributed by atoms with Gasteiger partial charge in [0.25, 0.3) is 0 Å². The molecule has 0 aliphatic rings. The Hall–Kier alpha value is -3.37. The summed E-state index contributed by atoms with van der Waals surface area (Å²) in [4.78, 5) is 25.1. The van der Waals surface area contributed by atoms with E-state index in [9.17, 15) is 14.9 Å². The minimum absolute atomic E-state index is 0.168. The molecule has 1 heterocycles. The van der Waals surface area contributed by atoms with E-state index in [1.54, 1.807) is 31.4 Å². The lowest BCUT2D eigenvalue weighted by molar-refractivity contribution is -0.141. The lowest BCUT2D eigenvalue weighted by Gasteiger charge is -2.12. The number of carbonyl (C=O) groups excluding carboxylic acids is 2. The Morgan fingerprint density at radius 3 is 2.48 bits per heavy atom. The average Bonchev–Trinajstić information content (AvgIpc) is 3.02. The molecule has 2 aromatic rings. The third-order valence-corrected chi connectivity index (χ3v) is 4.87. The molecule has 1 aromatic heterocycles. The zero-order valence-corrected chi connectivity index (χ0v) is 18.6. The molecule has 0 aliphatic carbocycles. The number of carbonyl (C=O) groups is 2. The summed E-state index contributed by atoms with van der Waals surface area (Å²) < 4.78 is 17.8. The van der Waals surface area contributed by atoms with Crippen LogP contribution in [0.25, 0.3) is 6.08 Å². The van der Waals surface area contributed by atoms with Gasteiger partial charge in [0.05, 0.1) is 13.2 Å². The number of aryl methyl sites for hydroxylation is 1. The number of benzene rings is 1. The Kier molecular flexibility index (Phi) is 8.59. The van der Waals surface area contributed by atoms with Gasteiger partial charge in [-0.25, -0.2) is 4.79 Å². The van der Waals surface area contributed by atoms with Crippen LogP contribution in [0.4, 0.5) is 0 Å². The molecule has 7 heteroatoms. The largest absolute Gasteiger partial charge is 0.494 e. The van der Waals surface area contributed by atoms with Crippen molar-refractivity contribution in [3.05, 3.63) is 58.4 Å². The van der Waals surface area contributed by atoms with Gasteiger partial charge in [-0.15, -0.1) is 0 Å². The van der Waals surface area contributed by atoms with Gasteiger partial charge in [0.2, 0.25) is 5.78 Å². The second kappa shape index (κ2) is 11.1. The zero-order valence-electron chi connectivity index (χ0n) is 18.6. The molecule has 1 aromatic carbocycles. The fraction of sp³-hybridized carbons (Fsp3) is 0.375. The number of ketones is 1. The molecule has 164 valence electrons. The van der Waals surface area contributed by atoms with Gasteiger partial charge in [-0.1, -0.05) is 0 Å². The van der Waals surface area contributed by atoms with Gasteiger partial charge in [0, 0.05) is 30.6 Å². The molecular weight excluding hydrogens is 396 g/mol. The Morgan fingerprint density at radius 1 is 1.23 bits per heavy atom. The summed E-state index contributed by atoms with van der Waals surface area (Å²) in [7, 11) is 1.63. The van der Waals surface area contributed by atoms with Crippen LogP contribution in [0.2, 0.25) is 0 Å². The van der Waals surface area contributed by atoms with Crippen LogP contribution in [-0.2, 0) is 20.8 Å². The number of aromatic nitrogens is 1. The fourth-order valence-corrected chi connectivity index (χ4v) is 3.19. The number of Topliss-reactive ketones (excluding diaryl/α,β-unsaturated/α-hetero) is 1. The monoisotopic (exact) mass is 424 g/mol. The first-order valence-corrected chi connectivity index (χ1v) is 10.1. The summed E-state index contributed by atoms with van der Waals surface area (Å²) in [6, 6.07) is 10.4. The van der Waals surface area contributed by atoms with Crippen LogP contribution < -0.4 is 4.74 Å². The molecule has 0 spiro atoms. The van der Waals surface area contributed by atoms with Crippen molar-refractivity contribution in [3.63, 3.8) is 0 Å². The molecule has 31 heavy (non-hydrogen) atoms. The molecule has 7 nitrogen and oxygen atoms in total. The van der Waals surface area contributed by atoms with Crippen molar-refractivity contribution in [1.29, 1.82) is 5.26 Å². The number of nitrogens with zero attached hydrogens (tertiary/aromatic N) is 2. The topological polar surface area (TPSA) is 90.5 Å². The highest BCUT2D eigenvalue weighted by Gasteiger charge is 2.22. The van der Waals surface area contributed by atoms with Crippen molar-refractivity contribution in [3.8, 4) is 11.8 Å². The van der Waals surface area contributed by atoms with E-state index in [0.717, 1.165) is 17.0 Å². The molecule has 0 N–H and O–H groups in total. The van der Waals surface area contributed by atoms with Gasteiger partial charge in [-0.2, -0.15) is 5.26 Å². The van der Waals surface area contributed by atoms with Crippen LogP contribution in [0.5, 0.6) is 5.75 Å². The third kappa shape index (κ3) is 6.06. The smallest absolute Gasteiger partial charge is 0.349 e. The van der Waals surface area contributed by atoms with Crippen LogP contribution in [0.1, 0.15) is 41.2 Å². The number of methoxy groups -OCH3 is 1. The van der Waals surface area contributed by atoms with E-state index in [0.29, 0.717) is 31.1 Å². The van der Waals surface area contributed by atoms with Crippen LogP contribution in [0.15, 0.2) is 35.9 Å². The minimum atomic E-state index is -1.03. The Morgan fingerprint density at radius 2 is 1.90 bits per heavy atom. The first kappa shape index (κ1) is 23.9. The predicted octanol–water partition coefficient (Wildman–Crippen LogP) is 3.87. The lowest BCUT2D eigenvalue weighted by Crippen LogP contribution is -2.25. The van der Waals surface area contributed by atoms with Crippen molar-refractivity contribution in [1.82, 2.24) is 4.57 Å². The normalized spacial score (nSPS) is 12.2. The molecule has 0 saturated heterocycles. The maximum Gasteiger partial charge on any atom is 0.349 e. The summed E-state index contributed by atoms with van der Waals surface area (Å²) in [6.07, 6.45) is 0.457. The van der Waals surface area contributed by atoms with E-state index < -0.39 is 12.1 Å². The standard InChI is InChI=1S/C24H28N2O5/c1-6-30-22-9-7-19(8-10-22)23(27)18(4)31-24(28)21(15-25)14-20-13-16(2)26(17(20)3)11-12-29-5/h7-10,13-14,18H,6,11-12H2,1-5H3/b21-14+/t18-/m1/s1. The summed E-state index contributed by atoms with van der Waals surface area (Å²) in [5, 5.41) is 9.47. The van der Waals surface area contributed by atoms with Crippen LogP contribution in [0, 0.1) is 25.2 Å². The quantitative estimate of drug-likeness (QED) is 0.249. The number of hydrogen-bond donors (Lipinski definition) is 0. The summed E-state index contributed by atoms with van der Waals surface area (Å²) in [6.45, 7) is 8.97. The first-order valence-electron chi connectivity index (χ1n) is 10.1. The highest BCUT2D eigenvalue weighted by Crippen LogP contribution is 2.20. The van der Waals surface area contributed by atoms with Crippen LogP contribution in [0.3, 0.4) is 0 Å². The number of nitriles is 1. The summed E-state index contributed by atoms with van der Waals surface area (Å²) >= 11 is 0. The lowest BCUT2D eigenvalue weighted by atomic mass is 10.1. The van der Waals surface area contributed by atoms with Crippen molar-refractivity contribution in [2.24, 2.45) is 0 Å². The fourth-order valence-electron chi connectivity index (χ4n) is 3.19. The van der Waals surface area contributed by atoms with Gasteiger partial charge in [0.1, 0.15) is 17.4 Å². The van der Waals surface area contributed by atoms with Crippen LogP contribution >= 0.6 is 0 Å². The van der Waals surface area contributed by atoms with E-state index in [1.165, 1.54) is 13.0 Å². The highest BCUT2D eigenvalue weighted by atomic mass is 16.5. The van der Waals surface area contributed by atoms with Crippen molar-refractivity contribution >= 4 is 17.8 Å². The number of ether oxygens (including phenoxy) is 3. The molecule has 0 fully saturated rings. The van der Waals surface area contributed by atoms with Gasteiger partial charge >= 0.3 is 5.97 Å². The molecule has 1 atom stereocenters. The molecule has 0 amide bonds. The zero-order chi connectivity index (χ0) is 23.0. The average molecular weight is 424 g/mol. The third-order valence-electron chi connectivity index (χ3n) is 4.87. The molecular formula is C24H28N2O5. The van der Waals surface area contributed by atoms with Gasteiger partial charge in [-0.05, 0) is 69.7 Å². The maximum atomic E-state index is 12.6. The van der Waals surface area contributed by atoms with Crippen molar-refractivity contribution < 1.29 is 23.8 Å². The molecule has 0 saturated carbocycles. The van der Waals surface area contributed by atoms with Gasteiger partial charge in [-0.3, -0.25) is 4.79 Å². The Bertz CT molecular complexity index is 996. The minimum Gasteiger partial charge on any atom is -0.494 e. The molecule has 0 unspecified atom stereocenters. The maximum absolute atomic E-state index is 12.6. The number of hydrogen-bond acceptors (Lipinski definition) is 6. The molecule has 0 bridgehead atoms. The highest BCUT2D eigenvalue weighted by molar-refractivity contribution is 6.03.